The van der Waals surface area contributed by atoms with Crippen LogP contribution in [0.5, 0.6) is 11.5 Å². The van der Waals surface area contributed by atoms with Crippen LogP contribution < -0.4 is 9.47 Å². The zero-order chi connectivity index (χ0) is 33.4. The van der Waals surface area contributed by atoms with Gasteiger partial charge in [0.15, 0.2) is 17.7 Å². The van der Waals surface area contributed by atoms with E-state index in [2.05, 4.69) is 11.7 Å². The summed E-state index contributed by atoms with van der Waals surface area (Å²) in [6.07, 6.45) is 0.0834. The van der Waals surface area contributed by atoms with Crippen molar-refractivity contribution < 1.29 is 46.1 Å². The molecule has 3 rings (SSSR count). The molecule has 10 heteroatoms. The zero-order valence-electron chi connectivity index (χ0n) is 26.4. The molecule has 0 amide bonds. The highest BCUT2D eigenvalue weighted by Crippen LogP contribution is 2.29. The molecule has 3 aromatic rings. The summed E-state index contributed by atoms with van der Waals surface area (Å²) < 4.78 is 75.7. The van der Waals surface area contributed by atoms with Crippen LogP contribution in [0.2, 0.25) is 0 Å². The molecule has 1 unspecified atom stereocenters. The van der Waals surface area contributed by atoms with E-state index < -0.39 is 47.8 Å². The number of carbonyl (C=O) groups is 2. The van der Waals surface area contributed by atoms with Gasteiger partial charge in [-0.05, 0) is 86.2 Å². The summed E-state index contributed by atoms with van der Waals surface area (Å²) in [6.45, 7) is 5.39. The summed E-state index contributed by atoms with van der Waals surface area (Å²) in [5.41, 5.74) is 1.48. The van der Waals surface area contributed by atoms with Crippen LogP contribution in [-0.4, -0.2) is 44.0 Å². The van der Waals surface area contributed by atoms with E-state index >= 15 is 0 Å². The molecule has 0 aliphatic heterocycles. The molecule has 0 saturated heterocycles. The average molecular weight is 647 g/mol. The maximum atomic E-state index is 14.7. The van der Waals surface area contributed by atoms with Crippen LogP contribution in [0, 0.1) is 5.82 Å². The molecular weight excluding hydrogens is 604 g/mol. The minimum absolute atomic E-state index is 0.127. The van der Waals surface area contributed by atoms with E-state index in [1.54, 1.807) is 19.1 Å². The van der Waals surface area contributed by atoms with Crippen molar-refractivity contribution in [3.05, 3.63) is 83.7 Å². The van der Waals surface area contributed by atoms with Crippen molar-refractivity contribution in [1.82, 2.24) is 0 Å². The molecule has 0 aliphatic rings. The van der Waals surface area contributed by atoms with Gasteiger partial charge in [-0.25, -0.2) is 14.0 Å². The SMILES string of the molecule is CCCCCCCCOc1ccc(-c2ccc(C(=O)Oc3ccc(C(=O)OC(CCCCOCC)C(F)(F)F)cc3F)cc2)cc1. The normalized spacial score (nSPS) is 12.0. The molecular formula is C36H42F4O6. The Hall–Kier alpha value is -3.92. The Kier molecular flexibility index (Phi) is 15.0. The predicted molar refractivity (Wildman–Crippen MR) is 168 cm³/mol. The second-order valence-electron chi connectivity index (χ2n) is 10.9. The Morgan fingerprint density at radius 3 is 1.96 bits per heavy atom. The van der Waals surface area contributed by atoms with Crippen molar-refractivity contribution >= 4 is 11.9 Å². The lowest BCUT2D eigenvalue weighted by Gasteiger charge is -2.20. The second-order valence-corrected chi connectivity index (χ2v) is 10.9. The molecule has 1 atom stereocenters. The molecule has 6 nitrogen and oxygen atoms in total. The van der Waals surface area contributed by atoms with E-state index in [-0.39, 0.29) is 12.0 Å². The molecule has 0 heterocycles. The molecule has 0 aliphatic carbocycles. The number of rotatable bonds is 19. The fourth-order valence-corrected chi connectivity index (χ4v) is 4.65. The Morgan fingerprint density at radius 2 is 1.33 bits per heavy atom. The molecule has 0 saturated carbocycles. The van der Waals surface area contributed by atoms with Gasteiger partial charge < -0.3 is 18.9 Å². The van der Waals surface area contributed by atoms with E-state index in [0.717, 1.165) is 41.9 Å². The first-order valence-electron chi connectivity index (χ1n) is 15.8. The number of esters is 2. The highest BCUT2D eigenvalue weighted by molar-refractivity contribution is 5.92. The zero-order valence-corrected chi connectivity index (χ0v) is 26.4. The van der Waals surface area contributed by atoms with E-state index in [0.29, 0.717) is 32.3 Å². The lowest BCUT2D eigenvalue weighted by atomic mass is 10.0. The average Bonchev–Trinajstić information content (AvgIpc) is 3.04. The van der Waals surface area contributed by atoms with Crippen LogP contribution in [0.15, 0.2) is 66.7 Å². The fourth-order valence-electron chi connectivity index (χ4n) is 4.65. The van der Waals surface area contributed by atoms with Crippen molar-refractivity contribution in [3.8, 4) is 22.6 Å². The van der Waals surface area contributed by atoms with E-state index in [9.17, 15) is 27.2 Å². The Morgan fingerprint density at radius 1 is 0.717 bits per heavy atom. The summed E-state index contributed by atoms with van der Waals surface area (Å²) in [6, 6.07) is 16.9. The number of hydrogen-bond donors (Lipinski definition) is 0. The smallest absolute Gasteiger partial charge is 0.425 e. The Bertz CT molecular complexity index is 1360. The number of halogens is 4. The first kappa shape index (κ1) is 36.5. The van der Waals surface area contributed by atoms with Gasteiger partial charge in [-0.15, -0.1) is 0 Å². The standard InChI is InChI=1S/C36H42F4O6/c1-3-5-6-7-8-10-24-44-30-20-17-27(18-21-30)26-13-15-28(16-14-26)34(41)45-32-22-19-29(25-31(32)37)35(42)46-33(36(38,39)40)12-9-11-23-43-4-2/h13-22,25,33H,3-12,23-24H2,1-2H3. The van der Waals surface area contributed by atoms with Gasteiger partial charge in [0, 0.05) is 13.2 Å². The summed E-state index contributed by atoms with van der Waals surface area (Å²) in [7, 11) is 0. The minimum atomic E-state index is -4.78. The van der Waals surface area contributed by atoms with Gasteiger partial charge in [0.25, 0.3) is 0 Å². The van der Waals surface area contributed by atoms with E-state index in [1.165, 1.54) is 37.8 Å². The first-order valence-corrected chi connectivity index (χ1v) is 15.8. The number of benzene rings is 3. The number of carbonyl (C=O) groups excluding carboxylic acids is 2. The quantitative estimate of drug-likeness (QED) is 0.0559. The van der Waals surface area contributed by atoms with Crippen LogP contribution in [0.1, 0.15) is 92.4 Å². The van der Waals surface area contributed by atoms with Gasteiger partial charge >= 0.3 is 18.1 Å². The van der Waals surface area contributed by atoms with Crippen LogP contribution in [-0.2, 0) is 9.47 Å². The van der Waals surface area contributed by atoms with Gasteiger partial charge in [-0.2, -0.15) is 13.2 Å². The number of ether oxygens (including phenoxy) is 4. The number of hydrogen-bond acceptors (Lipinski definition) is 6. The predicted octanol–water partition coefficient (Wildman–Crippen LogP) is 9.75. The molecule has 250 valence electrons. The van der Waals surface area contributed by atoms with Crippen molar-refractivity contribution in [2.75, 3.05) is 19.8 Å². The van der Waals surface area contributed by atoms with Crippen molar-refractivity contribution in [1.29, 1.82) is 0 Å². The maximum absolute atomic E-state index is 14.7. The van der Waals surface area contributed by atoms with Crippen molar-refractivity contribution in [2.45, 2.75) is 83.9 Å². The van der Waals surface area contributed by atoms with Crippen LogP contribution >= 0.6 is 0 Å². The Labute approximate surface area is 268 Å². The maximum Gasteiger partial charge on any atom is 0.425 e. The van der Waals surface area contributed by atoms with Gasteiger partial charge in [0.2, 0.25) is 0 Å². The highest BCUT2D eigenvalue weighted by atomic mass is 19.4. The lowest BCUT2D eigenvalue weighted by Crippen LogP contribution is -2.34. The molecule has 0 fully saturated rings. The van der Waals surface area contributed by atoms with Crippen molar-refractivity contribution in [2.24, 2.45) is 0 Å². The van der Waals surface area contributed by atoms with E-state index in [4.69, 9.17) is 14.2 Å². The third-order valence-corrected chi connectivity index (χ3v) is 7.27. The summed E-state index contributed by atoms with van der Waals surface area (Å²) in [4.78, 5) is 25.1. The molecule has 46 heavy (non-hydrogen) atoms. The molecule has 0 radical (unpaired) electrons. The molecule has 0 bridgehead atoms. The molecule has 0 N–H and O–H groups in total. The first-order chi connectivity index (χ1) is 22.1. The number of alkyl halides is 3. The summed E-state index contributed by atoms with van der Waals surface area (Å²) >= 11 is 0. The van der Waals surface area contributed by atoms with Crippen LogP contribution in [0.25, 0.3) is 11.1 Å². The largest absolute Gasteiger partial charge is 0.494 e. The molecule has 0 spiro atoms. The second kappa shape index (κ2) is 18.9. The molecule has 0 aromatic heterocycles. The number of unbranched alkanes of at least 4 members (excludes halogenated alkanes) is 6. The monoisotopic (exact) mass is 646 g/mol. The van der Waals surface area contributed by atoms with Gasteiger partial charge in [-0.3, -0.25) is 0 Å². The summed E-state index contributed by atoms with van der Waals surface area (Å²) in [5.74, 6) is -2.98. The highest BCUT2D eigenvalue weighted by Gasteiger charge is 2.42. The minimum Gasteiger partial charge on any atom is -0.494 e. The topological polar surface area (TPSA) is 71.1 Å². The van der Waals surface area contributed by atoms with Crippen LogP contribution in [0.4, 0.5) is 17.6 Å². The van der Waals surface area contributed by atoms with Gasteiger partial charge in [-0.1, -0.05) is 63.3 Å². The summed E-state index contributed by atoms with van der Waals surface area (Å²) in [5, 5.41) is 0. The third kappa shape index (κ3) is 12.1. The van der Waals surface area contributed by atoms with E-state index in [1.807, 2.05) is 24.3 Å². The van der Waals surface area contributed by atoms with Crippen molar-refractivity contribution in [3.63, 3.8) is 0 Å². The van der Waals surface area contributed by atoms with Gasteiger partial charge in [0.1, 0.15) is 5.75 Å². The Balaban J connectivity index is 1.52. The van der Waals surface area contributed by atoms with Crippen LogP contribution in [0.3, 0.4) is 0 Å². The van der Waals surface area contributed by atoms with Gasteiger partial charge in [0.05, 0.1) is 17.7 Å². The lowest BCUT2D eigenvalue weighted by molar-refractivity contribution is -0.206. The molecule has 3 aromatic carbocycles. The third-order valence-electron chi connectivity index (χ3n) is 7.27. The fraction of sp³-hybridized carbons (Fsp3) is 0.444.